The number of rotatable bonds is 2. The molecule has 1 aliphatic heterocycles. The molecule has 3 N–H and O–H groups in total. The average Bonchev–Trinajstić information content (AvgIpc) is 2.42. The monoisotopic (exact) mass is 275 g/mol. The summed E-state index contributed by atoms with van der Waals surface area (Å²) in [6, 6.07) is 3.03. The molecule has 20 heavy (non-hydrogen) atoms. The predicted molar refractivity (Wildman–Crippen MR) is 71.3 cm³/mol. The minimum absolute atomic E-state index is 0.157. The fraction of sp³-hybridized carbons (Fsp3) is 0.308. The molecule has 0 saturated heterocycles. The third-order valence-corrected chi connectivity index (χ3v) is 3.36. The zero-order valence-corrected chi connectivity index (χ0v) is 10.8. The Morgan fingerprint density at radius 1 is 1.45 bits per heavy atom. The minimum atomic E-state index is -0.492. The molecule has 0 spiro atoms. The number of nitrogens with zero attached hydrogens (tertiary/aromatic N) is 3. The van der Waals surface area contributed by atoms with E-state index in [2.05, 4.69) is 19.9 Å². The second kappa shape index (κ2) is 5.01. The molecule has 0 aliphatic carbocycles. The number of anilines is 1. The van der Waals surface area contributed by atoms with E-state index in [0.717, 1.165) is 17.8 Å². The summed E-state index contributed by atoms with van der Waals surface area (Å²) in [5, 5.41) is 0. The Bertz CT molecular complexity index is 682. The zero-order valence-electron chi connectivity index (χ0n) is 10.8. The van der Waals surface area contributed by atoms with Gasteiger partial charge in [-0.2, -0.15) is 4.39 Å². The second-order valence-corrected chi connectivity index (χ2v) is 4.83. The van der Waals surface area contributed by atoms with Crippen LogP contribution in [0.5, 0.6) is 0 Å². The number of halogens is 1. The van der Waals surface area contributed by atoms with Gasteiger partial charge in [0.1, 0.15) is 0 Å². The maximum atomic E-state index is 12.8. The van der Waals surface area contributed by atoms with Crippen molar-refractivity contribution in [2.24, 2.45) is 0 Å². The van der Waals surface area contributed by atoms with E-state index in [-0.39, 0.29) is 11.5 Å². The number of aromatic amines is 1. The van der Waals surface area contributed by atoms with Gasteiger partial charge in [0.2, 0.25) is 11.9 Å². The predicted octanol–water partition coefficient (Wildman–Crippen LogP) is 0.444. The summed E-state index contributed by atoms with van der Waals surface area (Å²) >= 11 is 0. The van der Waals surface area contributed by atoms with Gasteiger partial charge in [0.15, 0.2) is 0 Å². The van der Waals surface area contributed by atoms with E-state index < -0.39 is 5.95 Å². The third kappa shape index (κ3) is 2.53. The van der Waals surface area contributed by atoms with Gasteiger partial charge in [-0.15, -0.1) is 0 Å². The van der Waals surface area contributed by atoms with Crippen molar-refractivity contribution < 1.29 is 4.39 Å². The summed E-state index contributed by atoms with van der Waals surface area (Å²) < 4.78 is 12.8. The Kier molecular flexibility index (Phi) is 3.19. The van der Waals surface area contributed by atoms with E-state index in [9.17, 15) is 9.18 Å². The van der Waals surface area contributed by atoms with Crippen LogP contribution >= 0.6 is 0 Å². The van der Waals surface area contributed by atoms with Gasteiger partial charge in [0.25, 0.3) is 5.56 Å². The number of hydrogen-bond acceptors (Lipinski definition) is 5. The molecule has 6 nitrogen and oxygen atoms in total. The zero-order chi connectivity index (χ0) is 14.1. The Morgan fingerprint density at radius 3 is 3.05 bits per heavy atom. The lowest BCUT2D eigenvalue weighted by Gasteiger charge is -2.27. The van der Waals surface area contributed by atoms with Crippen molar-refractivity contribution in [2.45, 2.75) is 19.5 Å². The number of aromatic nitrogens is 3. The fourth-order valence-corrected chi connectivity index (χ4v) is 2.39. The van der Waals surface area contributed by atoms with Crippen LogP contribution in [0, 0.1) is 5.95 Å². The third-order valence-electron chi connectivity index (χ3n) is 3.36. The summed E-state index contributed by atoms with van der Waals surface area (Å²) in [7, 11) is 0. The number of nitrogens with two attached hydrogens (primary N) is 1. The molecular weight excluding hydrogens is 261 g/mol. The smallest absolute Gasteiger partial charge is 0.257 e. The van der Waals surface area contributed by atoms with Crippen LogP contribution in [0.4, 0.5) is 10.3 Å². The van der Waals surface area contributed by atoms with E-state index in [1.54, 1.807) is 6.07 Å². The first-order valence-electron chi connectivity index (χ1n) is 6.32. The number of H-pyrrole nitrogens is 1. The molecule has 3 heterocycles. The van der Waals surface area contributed by atoms with Crippen LogP contribution in [0.3, 0.4) is 0 Å². The van der Waals surface area contributed by atoms with Gasteiger partial charge < -0.3 is 5.73 Å². The van der Waals surface area contributed by atoms with E-state index in [1.165, 1.54) is 12.3 Å². The highest BCUT2D eigenvalue weighted by Crippen LogP contribution is 2.16. The van der Waals surface area contributed by atoms with Crippen molar-refractivity contribution in [3.63, 3.8) is 0 Å². The summed E-state index contributed by atoms with van der Waals surface area (Å²) in [5.41, 5.74) is 7.67. The highest BCUT2D eigenvalue weighted by Gasteiger charge is 2.20. The molecule has 0 atom stereocenters. The number of hydrogen-bond donors (Lipinski definition) is 2. The van der Waals surface area contributed by atoms with Gasteiger partial charge >= 0.3 is 0 Å². The van der Waals surface area contributed by atoms with Gasteiger partial charge in [-0.05, 0) is 11.6 Å². The molecule has 0 amide bonds. The summed E-state index contributed by atoms with van der Waals surface area (Å²) in [4.78, 5) is 24.3. The lowest BCUT2D eigenvalue weighted by Crippen LogP contribution is -2.35. The molecule has 7 heteroatoms. The molecular formula is C13H14FN5O. The van der Waals surface area contributed by atoms with Crippen LogP contribution in [0.15, 0.2) is 23.1 Å². The van der Waals surface area contributed by atoms with Crippen LogP contribution in [-0.4, -0.2) is 26.4 Å². The first-order valence-corrected chi connectivity index (χ1v) is 6.32. The number of pyridine rings is 1. The van der Waals surface area contributed by atoms with Crippen molar-refractivity contribution in [3.8, 4) is 0 Å². The quantitative estimate of drug-likeness (QED) is 0.777. The first-order chi connectivity index (χ1) is 9.61. The number of nitrogen functional groups attached to an aromatic ring is 1. The molecule has 2 aromatic heterocycles. The largest absolute Gasteiger partial charge is 0.369 e. The van der Waals surface area contributed by atoms with Gasteiger partial charge in [0.05, 0.1) is 11.3 Å². The van der Waals surface area contributed by atoms with Crippen LogP contribution in [0.25, 0.3) is 0 Å². The minimum Gasteiger partial charge on any atom is -0.369 e. The molecule has 3 rings (SSSR count). The van der Waals surface area contributed by atoms with Crippen molar-refractivity contribution in [2.75, 3.05) is 12.3 Å². The van der Waals surface area contributed by atoms with Gasteiger partial charge in [0, 0.05) is 32.3 Å². The lowest BCUT2D eigenvalue weighted by atomic mass is 10.1. The molecule has 1 aliphatic rings. The maximum Gasteiger partial charge on any atom is 0.257 e. The molecule has 2 aromatic rings. The summed E-state index contributed by atoms with van der Waals surface area (Å²) in [6.45, 7) is 1.91. The van der Waals surface area contributed by atoms with Crippen molar-refractivity contribution >= 4 is 5.95 Å². The Balaban J connectivity index is 1.79. The van der Waals surface area contributed by atoms with Gasteiger partial charge in [-0.25, -0.2) is 9.97 Å². The Labute approximate surface area is 114 Å². The molecule has 0 radical (unpaired) electrons. The standard InChI is InChI=1S/C13H14FN5O/c14-11-2-1-8(5-16-11)6-19-4-3-10-9(7-19)12(20)18-13(15)17-10/h1-2,5H,3-4,6-7H2,(H3,15,17,18,20). The Hall–Kier alpha value is -2.28. The molecule has 0 aromatic carbocycles. The Morgan fingerprint density at radius 2 is 2.30 bits per heavy atom. The van der Waals surface area contributed by atoms with Crippen LogP contribution < -0.4 is 11.3 Å². The van der Waals surface area contributed by atoms with E-state index >= 15 is 0 Å². The van der Waals surface area contributed by atoms with Crippen molar-refractivity contribution in [1.82, 2.24) is 19.9 Å². The maximum absolute atomic E-state index is 12.8. The summed E-state index contributed by atoms with van der Waals surface area (Å²) in [5.74, 6) is -0.334. The average molecular weight is 275 g/mol. The van der Waals surface area contributed by atoms with E-state index in [1.807, 2.05) is 0 Å². The topological polar surface area (TPSA) is 87.9 Å². The lowest BCUT2D eigenvalue weighted by molar-refractivity contribution is 0.241. The van der Waals surface area contributed by atoms with E-state index in [0.29, 0.717) is 25.1 Å². The molecule has 0 unspecified atom stereocenters. The normalized spacial score (nSPS) is 15.1. The fourth-order valence-electron chi connectivity index (χ4n) is 2.39. The molecule has 0 bridgehead atoms. The number of fused-ring (bicyclic) bond motifs is 1. The highest BCUT2D eigenvalue weighted by molar-refractivity contribution is 5.27. The molecule has 0 saturated carbocycles. The van der Waals surface area contributed by atoms with E-state index in [4.69, 9.17) is 5.73 Å². The SMILES string of the molecule is Nc1nc2c(c(=O)[nH]1)CN(Cc1ccc(F)nc1)CC2. The molecule has 104 valence electrons. The van der Waals surface area contributed by atoms with Crippen molar-refractivity contribution in [1.29, 1.82) is 0 Å². The summed E-state index contributed by atoms with van der Waals surface area (Å²) in [6.07, 6.45) is 2.19. The van der Waals surface area contributed by atoms with Crippen LogP contribution in [0.1, 0.15) is 16.8 Å². The second-order valence-electron chi connectivity index (χ2n) is 4.83. The molecule has 0 fully saturated rings. The van der Waals surface area contributed by atoms with Crippen molar-refractivity contribution in [3.05, 3.63) is 51.5 Å². The van der Waals surface area contributed by atoms with Gasteiger partial charge in [-0.3, -0.25) is 14.7 Å². The number of nitrogens with one attached hydrogen (secondary N) is 1. The first kappa shape index (κ1) is 12.7. The van der Waals surface area contributed by atoms with Crippen LogP contribution in [-0.2, 0) is 19.5 Å². The highest BCUT2D eigenvalue weighted by atomic mass is 19.1. The van der Waals surface area contributed by atoms with Gasteiger partial charge in [-0.1, -0.05) is 6.07 Å². The van der Waals surface area contributed by atoms with Crippen LogP contribution in [0.2, 0.25) is 0 Å².